The van der Waals surface area contributed by atoms with Crippen LogP contribution in [0, 0.1) is 11.8 Å². The lowest BCUT2D eigenvalue weighted by molar-refractivity contribution is -0.228. The van der Waals surface area contributed by atoms with E-state index in [4.69, 9.17) is 9.47 Å². The van der Waals surface area contributed by atoms with Crippen molar-refractivity contribution in [2.24, 2.45) is 11.8 Å². The molecule has 0 saturated carbocycles. The number of carbonyl (C=O) groups excluding carboxylic acids is 1. The Balaban J connectivity index is 1.34. The number of carboxylic acids is 1. The Bertz CT molecular complexity index is 1010. The number of ether oxygens (including phenoxy) is 2. The van der Waals surface area contributed by atoms with Gasteiger partial charge in [0.25, 0.3) is 0 Å². The standard InChI is InChI=1S/C27H40N2O9/c1-13-5-4-8-29(3)17(13)9-15-6-7-18(30)25-16(15)10-19(37-25)14(2)12-28-21(31)11-20-22(32)23(33)24(34)26(38-20)27(35)36/h6-7,13-14,17,19-20,22-24,26,30,32-34H,4-5,8-12H2,1-3H3,(H,28,31)(H,35,36)/t13?,14?,17?,19?,20?,22?,23-,24?,26+/m1/s1. The number of aromatic hydroxyl groups is 1. The second-order valence-electron chi connectivity index (χ2n) is 11.2. The molecule has 0 aromatic heterocycles. The van der Waals surface area contributed by atoms with Crippen LogP contribution < -0.4 is 10.1 Å². The molecule has 0 radical (unpaired) electrons. The molecule has 2 fully saturated rings. The van der Waals surface area contributed by atoms with Crippen molar-refractivity contribution in [1.82, 2.24) is 10.2 Å². The van der Waals surface area contributed by atoms with Crippen LogP contribution in [0.5, 0.6) is 11.5 Å². The maximum absolute atomic E-state index is 12.6. The number of aliphatic hydroxyl groups excluding tert-OH is 3. The van der Waals surface area contributed by atoms with Crippen molar-refractivity contribution in [2.75, 3.05) is 20.1 Å². The molecular formula is C27H40N2O9. The first-order chi connectivity index (χ1) is 18.0. The van der Waals surface area contributed by atoms with Crippen molar-refractivity contribution in [3.05, 3.63) is 23.3 Å². The Hall–Kier alpha value is -2.44. The normalized spacial score (nSPS) is 34.3. The maximum Gasteiger partial charge on any atom is 0.335 e. The Kier molecular flexibility index (Phi) is 8.83. The van der Waals surface area contributed by atoms with Gasteiger partial charge in [0.15, 0.2) is 17.6 Å². The number of amides is 1. The fraction of sp³-hybridized carbons (Fsp3) is 0.704. The molecule has 11 nitrogen and oxygen atoms in total. The van der Waals surface area contributed by atoms with Gasteiger partial charge in [-0.05, 0) is 50.4 Å². The number of phenolic OH excluding ortho intramolecular Hbond substituents is 1. The summed E-state index contributed by atoms with van der Waals surface area (Å²) in [5.74, 6) is -0.930. The number of benzene rings is 1. The average Bonchev–Trinajstić information content (AvgIpc) is 3.33. The molecule has 7 unspecified atom stereocenters. The molecule has 38 heavy (non-hydrogen) atoms. The summed E-state index contributed by atoms with van der Waals surface area (Å²) in [5, 5.41) is 52.3. The molecule has 3 heterocycles. The number of carboxylic acid groups (broad SMARTS) is 1. The third-order valence-corrected chi connectivity index (χ3v) is 8.43. The van der Waals surface area contributed by atoms with Crippen LogP contribution >= 0.6 is 0 Å². The van der Waals surface area contributed by atoms with Crippen LogP contribution in [0.2, 0.25) is 0 Å². The summed E-state index contributed by atoms with van der Waals surface area (Å²) in [6.45, 7) is 5.53. The van der Waals surface area contributed by atoms with Crippen molar-refractivity contribution in [3.8, 4) is 11.5 Å². The van der Waals surface area contributed by atoms with E-state index in [1.165, 1.54) is 18.4 Å². The fourth-order valence-corrected chi connectivity index (χ4v) is 5.94. The lowest BCUT2D eigenvalue weighted by Crippen LogP contribution is -2.60. The summed E-state index contributed by atoms with van der Waals surface area (Å²) < 4.78 is 11.3. The number of hydrogen-bond acceptors (Lipinski definition) is 9. The predicted molar refractivity (Wildman–Crippen MR) is 136 cm³/mol. The molecule has 3 aliphatic heterocycles. The van der Waals surface area contributed by atoms with Crippen LogP contribution in [0.3, 0.4) is 0 Å². The Morgan fingerprint density at radius 1 is 1.18 bits per heavy atom. The molecule has 212 valence electrons. The highest BCUT2D eigenvalue weighted by atomic mass is 16.6. The topological polar surface area (TPSA) is 169 Å². The summed E-state index contributed by atoms with van der Waals surface area (Å²) in [5.41, 5.74) is 2.17. The van der Waals surface area contributed by atoms with Gasteiger partial charge >= 0.3 is 5.97 Å². The highest BCUT2D eigenvalue weighted by Crippen LogP contribution is 2.42. The molecule has 2 saturated heterocycles. The molecule has 1 aromatic rings. The SMILES string of the molecule is CC(CNC(=O)CC1O[C@H](C(=O)O)C(O)[C@H](O)C1O)C1Cc2c(CC3C(C)CCCN3C)ccc(O)c2O1. The molecule has 0 bridgehead atoms. The van der Waals surface area contributed by atoms with Crippen molar-refractivity contribution in [2.45, 2.75) is 88.6 Å². The monoisotopic (exact) mass is 536 g/mol. The van der Waals surface area contributed by atoms with E-state index in [0.717, 1.165) is 18.5 Å². The van der Waals surface area contributed by atoms with Gasteiger partial charge in [-0.1, -0.05) is 19.9 Å². The summed E-state index contributed by atoms with van der Waals surface area (Å²) in [7, 11) is 2.16. The Morgan fingerprint density at radius 3 is 2.61 bits per heavy atom. The van der Waals surface area contributed by atoms with E-state index in [0.29, 0.717) is 24.1 Å². The number of fused-ring (bicyclic) bond motifs is 1. The molecule has 0 aliphatic carbocycles. The number of nitrogens with one attached hydrogen (secondary N) is 1. The van der Waals surface area contributed by atoms with Crippen LogP contribution in [-0.2, 0) is 27.2 Å². The number of piperidine rings is 1. The lowest BCUT2D eigenvalue weighted by Gasteiger charge is -2.38. The van der Waals surface area contributed by atoms with Gasteiger partial charge in [-0.25, -0.2) is 4.79 Å². The third kappa shape index (κ3) is 5.91. The summed E-state index contributed by atoms with van der Waals surface area (Å²) in [6, 6.07) is 4.08. The molecule has 4 rings (SSSR count). The zero-order valence-electron chi connectivity index (χ0n) is 22.1. The number of aliphatic carboxylic acids is 1. The Labute approximate surface area is 222 Å². The second-order valence-corrected chi connectivity index (χ2v) is 11.2. The van der Waals surface area contributed by atoms with Gasteiger partial charge in [-0.3, -0.25) is 4.79 Å². The number of phenols is 1. The highest BCUT2D eigenvalue weighted by molar-refractivity contribution is 5.77. The van der Waals surface area contributed by atoms with Gasteiger partial charge in [0.05, 0.1) is 12.5 Å². The van der Waals surface area contributed by atoms with Crippen LogP contribution in [0.25, 0.3) is 0 Å². The molecular weight excluding hydrogens is 496 g/mol. The molecule has 1 amide bonds. The van der Waals surface area contributed by atoms with Crippen LogP contribution in [0.15, 0.2) is 12.1 Å². The van der Waals surface area contributed by atoms with E-state index >= 15 is 0 Å². The summed E-state index contributed by atoms with van der Waals surface area (Å²) in [6.07, 6.45) is -4.94. The maximum atomic E-state index is 12.6. The zero-order chi connectivity index (χ0) is 27.7. The zero-order valence-corrected chi connectivity index (χ0v) is 22.1. The second kappa shape index (κ2) is 11.7. The van der Waals surface area contributed by atoms with Gasteiger partial charge in [0.1, 0.15) is 24.4 Å². The summed E-state index contributed by atoms with van der Waals surface area (Å²) in [4.78, 5) is 26.3. The van der Waals surface area contributed by atoms with E-state index in [1.54, 1.807) is 6.07 Å². The largest absolute Gasteiger partial charge is 0.504 e. The number of aliphatic hydroxyl groups is 3. The molecule has 9 atom stereocenters. The van der Waals surface area contributed by atoms with Crippen LogP contribution in [-0.4, -0.2) is 105 Å². The average molecular weight is 537 g/mol. The van der Waals surface area contributed by atoms with Gasteiger partial charge < -0.3 is 45.2 Å². The molecule has 0 spiro atoms. The minimum Gasteiger partial charge on any atom is -0.504 e. The van der Waals surface area contributed by atoms with E-state index in [-0.39, 0.29) is 30.7 Å². The van der Waals surface area contributed by atoms with Crippen molar-refractivity contribution < 1.29 is 44.6 Å². The lowest BCUT2D eigenvalue weighted by atomic mass is 9.85. The molecule has 3 aliphatic rings. The van der Waals surface area contributed by atoms with E-state index in [1.807, 2.05) is 13.0 Å². The van der Waals surface area contributed by atoms with Gasteiger partial charge in [-0.2, -0.15) is 0 Å². The van der Waals surface area contributed by atoms with Gasteiger partial charge in [0, 0.05) is 30.5 Å². The highest BCUT2D eigenvalue weighted by Gasteiger charge is 2.47. The minimum atomic E-state index is -1.80. The number of carbonyl (C=O) groups is 2. The fourth-order valence-electron chi connectivity index (χ4n) is 5.94. The number of hydrogen-bond donors (Lipinski definition) is 6. The van der Waals surface area contributed by atoms with Crippen LogP contribution in [0.1, 0.15) is 44.2 Å². The first-order valence-corrected chi connectivity index (χ1v) is 13.4. The molecule has 11 heteroatoms. The number of likely N-dealkylation sites (tertiary alicyclic amines) is 1. The number of likely N-dealkylation sites (N-methyl/N-ethyl adjacent to an activating group) is 1. The van der Waals surface area contributed by atoms with E-state index in [9.17, 15) is 35.1 Å². The van der Waals surface area contributed by atoms with Crippen molar-refractivity contribution in [3.63, 3.8) is 0 Å². The van der Waals surface area contributed by atoms with Gasteiger partial charge in [-0.15, -0.1) is 0 Å². The van der Waals surface area contributed by atoms with Crippen molar-refractivity contribution in [1.29, 1.82) is 0 Å². The Morgan fingerprint density at radius 2 is 1.92 bits per heavy atom. The number of nitrogens with zero attached hydrogens (tertiary/aromatic N) is 1. The predicted octanol–water partition coefficient (Wildman–Crippen LogP) is 0.0456. The first-order valence-electron chi connectivity index (χ1n) is 13.4. The third-order valence-electron chi connectivity index (χ3n) is 8.43. The number of rotatable bonds is 8. The van der Waals surface area contributed by atoms with Crippen molar-refractivity contribution >= 4 is 11.9 Å². The van der Waals surface area contributed by atoms with Crippen LogP contribution in [0.4, 0.5) is 0 Å². The van der Waals surface area contributed by atoms with Gasteiger partial charge in [0.2, 0.25) is 5.91 Å². The van der Waals surface area contributed by atoms with E-state index < -0.39 is 42.4 Å². The smallest absolute Gasteiger partial charge is 0.335 e. The summed E-state index contributed by atoms with van der Waals surface area (Å²) >= 11 is 0. The van der Waals surface area contributed by atoms with E-state index in [2.05, 4.69) is 24.2 Å². The minimum absolute atomic E-state index is 0.102. The quantitative estimate of drug-likeness (QED) is 0.267. The first kappa shape index (κ1) is 28.6. The molecule has 6 N–H and O–H groups in total. The molecule has 1 aromatic carbocycles.